The van der Waals surface area contributed by atoms with Gasteiger partial charge in [0.15, 0.2) is 0 Å². The molecule has 1 aromatic rings. The van der Waals surface area contributed by atoms with Crippen molar-refractivity contribution in [2.24, 2.45) is 11.7 Å². The summed E-state index contributed by atoms with van der Waals surface area (Å²) in [5, 5.41) is 9.16. The maximum atomic E-state index is 9.16. The Morgan fingerprint density at radius 2 is 2.17 bits per heavy atom. The molecule has 0 spiro atoms. The van der Waals surface area contributed by atoms with Crippen molar-refractivity contribution in [2.45, 2.75) is 19.8 Å². The summed E-state index contributed by atoms with van der Waals surface area (Å²) >= 11 is 5.08. The van der Waals surface area contributed by atoms with E-state index in [0.29, 0.717) is 10.9 Å². The van der Waals surface area contributed by atoms with E-state index in [-0.39, 0.29) is 6.61 Å². The minimum Gasteiger partial charge on any atom is -0.396 e. The molecule has 0 saturated carbocycles. The molecule has 1 aromatic heterocycles. The number of rotatable bonds is 3. The van der Waals surface area contributed by atoms with Crippen molar-refractivity contribution in [2.75, 3.05) is 24.6 Å². The number of aliphatic hydroxyl groups is 1. The monoisotopic (exact) mass is 265 g/mol. The van der Waals surface area contributed by atoms with Gasteiger partial charge in [-0.05, 0) is 37.8 Å². The average Bonchev–Trinajstić information content (AvgIpc) is 2.38. The van der Waals surface area contributed by atoms with Crippen molar-refractivity contribution in [3.05, 3.63) is 23.4 Å². The van der Waals surface area contributed by atoms with Crippen LogP contribution in [0, 0.1) is 12.8 Å². The molecule has 1 fully saturated rings. The number of aromatic nitrogens is 1. The number of aliphatic hydroxyl groups excluding tert-OH is 1. The lowest BCUT2D eigenvalue weighted by atomic mass is 9.97. The van der Waals surface area contributed by atoms with Crippen molar-refractivity contribution < 1.29 is 5.11 Å². The normalized spacial score (nSPS) is 16.9. The first-order chi connectivity index (χ1) is 8.61. The number of anilines is 1. The molecule has 4 nitrogen and oxygen atoms in total. The number of pyridine rings is 1. The first kappa shape index (κ1) is 13.2. The maximum Gasteiger partial charge on any atom is 0.139 e. The molecule has 2 rings (SSSR count). The van der Waals surface area contributed by atoms with E-state index in [4.69, 9.17) is 23.1 Å². The van der Waals surface area contributed by atoms with E-state index >= 15 is 0 Å². The maximum absolute atomic E-state index is 9.16. The third kappa shape index (κ3) is 2.79. The lowest BCUT2D eigenvalue weighted by Crippen LogP contribution is -2.36. The van der Waals surface area contributed by atoms with E-state index in [1.807, 2.05) is 19.1 Å². The second-order valence-electron chi connectivity index (χ2n) is 4.80. The van der Waals surface area contributed by atoms with Gasteiger partial charge in [-0.1, -0.05) is 12.2 Å². The van der Waals surface area contributed by atoms with Gasteiger partial charge in [0.2, 0.25) is 0 Å². The molecule has 0 aliphatic carbocycles. The summed E-state index contributed by atoms with van der Waals surface area (Å²) in [6.07, 6.45) is 1.98. The quantitative estimate of drug-likeness (QED) is 0.805. The Morgan fingerprint density at radius 1 is 1.50 bits per heavy atom. The molecule has 0 atom stereocenters. The number of piperidine rings is 1. The third-order valence-corrected chi connectivity index (χ3v) is 3.67. The van der Waals surface area contributed by atoms with Gasteiger partial charge in [0.1, 0.15) is 10.8 Å². The fourth-order valence-corrected chi connectivity index (χ4v) is 2.46. The van der Waals surface area contributed by atoms with Crippen LogP contribution in [-0.2, 0) is 0 Å². The molecule has 0 unspecified atom stereocenters. The summed E-state index contributed by atoms with van der Waals surface area (Å²) in [5.41, 5.74) is 7.56. The molecule has 0 bridgehead atoms. The number of thiocarbonyl (C=S) groups is 1. The Hall–Kier alpha value is -1.20. The van der Waals surface area contributed by atoms with Crippen molar-refractivity contribution in [3.63, 3.8) is 0 Å². The minimum absolute atomic E-state index is 0.275. The summed E-state index contributed by atoms with van der Waals surface area (Å²) in [7, 11) is 0. The van der Waals surface area contributed by atoms with Gasteiger partial charge in [0.05, 0.1) is 5.56 Å². The predicted molar refractivity (Wildman–Crippen MR) is 76.9 cm³/mol. The summed E-state index contributed by atoms with van der Waals surface area (Å²) in [5.74, 6) is 1.30. The molecule has 3 N–H and O–H groups in total. The second kappa shape index (κ2) is 5.63. The molecule has 18 heavy (non-hydrogen) atoms. The SMILES string of the molecule is Cc1ccc(C(N)=S)c(N2CCC(CO)CC2)n1. The van der Waals surface area contributed by atoms with Crippen molar-refractivity contribution >= 4 is 23.0 Å². The Bertz CT molecular complexity index is 442. The minimum atomic E-state index is 0.275. The van der Waals surface area contributed by atoms with E-state index in [9.17, 15) is 0 Å². The smallest absolute Gasteiger partial charge is 0.139 e. The van der Waals surface area contributed by atoms with Crippen LogP contribution in [0.4, 0.5) is 5.82 Å². The van der Waals surface area contributed by atoms with Gasteiger partial charge >= 0.3 is 0 Å². The average molecular weight is 265 g/mol. The standard InChI is InChI=1S/C13H19N3OS/c1-9-2-3-11(12(14)18)13(15-9)16-6-4-10(8-17)5-7-16/h2-3,10,17H,4-8H2,1H3,(H2,14,18). The molecule has 1 aliphatic heterocycles. The summed E-state index contributed by atoms with van der Waals surface area (Å²) in [6, 6.07) is 3.87. The molecule has 98 valence electrons. The van der Waals surface area contributed by atoms with E-state index in [1.165, 1.54) is 0 Å². The van der Waals surface area contributed by atoms with Gasteiger partial charge < -0.3 is 15.7 Å². The molecule has 0 radical (unpaired) electrons. The fourth-order valence-electron chi connectivity index (χ4n) is 2.30. The number of nitrogens with two attached hydrogens (primary N) is 1. The lowest BCUT2D eigenvalue weighted by molar-refractivity contribution is 0.203. The van der Waals surface area contributed by atoms with Crippen LogP contribution in [-0.4, -0.2) is 34.8 Å². The second-order valence-corrected chi connectivity index (χ2v) is 5.24. The van der Waals surface area contributed by atoms with Gasteiger partial charge in [-0.3, -0.25) is 0 Å². The van der Waals surface area contributed by atoms with Crippen LogP contribution >= 0.6 is 12.2 Å². The Labute approximate surface area is 113 Å². The number of hydrogen-bond acceptors (Lipinski definition) is 4. The van der Waals surface area contributed by atoms with Crippen LogP contribution in [0.15, 0.2) is 12.1 Å². The summed E-state index contributed by atoms with van der Waals surface area (Å²) in [4.78, 5) is 7.17. The van der Waals surface area contributed by atoms with Crippen LogP contribution in [0.25, 0.3) is 0 Å². The van der Waals surface area contributed by atoms with Crippen LogP contribution in [0.5, 0.6) is 0 Å². The topological polar surface area (TPSA) is 62.4 Å². The van der Waals surface area contributed by atoms with Crippen LogP contribution in [0.2, 0.25) is 0 Å². The predicted octanol–water partition coefficient (Wildman–Crippen LogP) is 1.23. The van der Waals surface area contributed by atoms with Crippen LogP contribution in [0.3, 0.4) is 0 Å². The molecule has 1 aliphatic rings. The highest BCUT2D eigenvalue weighted by atomic mass is 32.1. The van der Waals surface area contributed by atoms with Crippen molar-refractivity contribution in [3.8, 4) is 0 Å². The Kier molecular flexibility index (Phi) is 4.14. The molecule has 0 aromatic carbocycles. The highest BCUT2D eigenvalue weighted by molar-refractivity contribution is 7.80. The molecule has 5 heteroatoms. The van der Waals surface area contributed by atoms with Gasteiger partial charge in [0, 0.05) is 25.4 Å². The van der Waals surface area contributed by atoms with E-state index in [1.54, 1.807) is 0 Å². The fraction of sp³-hybridized carbons (Fsp3) is 0.538. The van der Waals surface area contributed by atoms with Gasteiger partial charge in [0.25, 0.3) is 0 Å². The molecule has 1 saturated heterocycles. The van der Waals surface area contributed by atoms with Crippen LogP contribution in [0.1, 0.15) is 24.1 Å². The zero-order valence-corrected chi connectivity index (χ0v) is 11.4. The van der Waals surface area contributed by atoms with Crippen molar-refractivity contribution in [1.82, 2.24) is 4.98 Å². The van der Waals surface area contributed by atoms with E-state index in [0.717, 1.165) is 43.0 Å². The molecular formula is C13H19N3OS. The number of nitrogens with zero attached hydrogens (tertiary/aromatic N) is 2. The highest BCUT2D eigenvalue weighted by Gasteiger charge is 2.22. The number of aryl methyl sites for hydroxylation is 1. The zero-order chi connectivity index (χ0) is 13.1. The Balaban J connectivity index is 2.22. The third-order valence-electron chi connectivity index (χ3n) is 3.45. The lowest BCUT2D eigenvalue weighted by Gasteiger charge is -2.33. The first-order valence-electron chi connectivity index (χ1n) is 6.25. The summed E-state index contributed by atoms with van der Waals surface area (Å²) < 4.78 is 0. The van der Waals surface area contributed by atoms with Gasteiger partial charge in [-0.15, -0.1) is 0 Å². The molecule has 2 heterocycles. The van der Waals surface area contributed by atoms with Gasteiger partial charge in [-0.2, -0.15) is 0 Å². The van der Waals surface area contributed by atoms with E-state index < -0.39 is 0 Å². The van der Waals surface area contributed by atoms with E-state index in [2.05, 4.69) is 9.88 Å². The molecule has 0 amide bonds. The zero-order valence-electron chi connectivity index (χ0n) is 10.6. The summed E-state index contributed by atoms with van der Waals surface area (Å²) in [6.45, 7) is 4.04. The largest absolute Gasteiger partial charge is 0.396 e. The van der Waals surface area contributed by atoms with Gasteiger partial charge in [-0.25, -0.2) is 4.98 Å². The Morgan fingerprint density at radius 3 is 2.72 bits per heavy atom. The molecular weight excluding hydrogens is 246 g/mol. The highest BCUT2D eigenvalue weighted by Crippen LogP contribution is 2.24. The first-order valence-corrected chi connectivity index (χ1v) is 6.66. The number of hydrogen-bond donors (Lipinski definition) is 2. The van der Waals surface area contributed by atoms with Crippen LogP contribution < -0.4 is 10.6 Å². The van der Waals surface area contributed by atoms with Crippen molar-refractivity contribution in [1.29, 1.82) is 0 Å².